The predicted octanol–water partition coefficient (Wildman–Crippen LogP) is 2.83. The molecule has 0 radical (unpaired) electrons. The van der Waals surface area contributed by atoms with Crippen LogP contribution >= 0.6 is 15.9 Å². The van der Waals surface area contributed by atoms with Crippen LogP contribution in [-0.4, -0.2) is 30.3 Å². The van der Waals surface area contributed by atoms with Gasteiger partial charge in [-0.1, -0.05) is 0 Å². The summed E-state index contributed by atoms with van der Waals surface area (Å²) in [5, 5.41) is 14.3. The molecular formula is C14H17BrN2O4. The van der Waals surface area contributed by atoms with Crippen molar-refractivity contribution in [1.29, 1.82) is 0 Å². The maximum absolute atomic E-state index is 11.9. The maximum Gasteiger partial charge on any atom is 0.319 e. The van der Waals surface area contributed by atoms with E-state index in [1.54, 1.807) is 25.3 Å². The molecule has 2 amide bonds. The van der Waals surface area contributed by atoms with Crippen molar-refractivity contribution in [1.82, 2.24) is 5.32 Å². The quantitative estimate of drug-likeness (QED) is 0.731. The van der Waals surface area contributed by atoms with Crippen LogP contribution in [-0.2, 0) is 4.79 Å². The Bertz CT molecular complexity index is 546. The molecule has 1 saturated carbocycles. The van der Waals surface area contributed by atoms with Gasteiger partial charge in [-0.2, -0.15) is 0 Å². The highest BCUT2D eigenvalue weighted by atomic mass is 79.9. The summed E-state index contributed by atoms with van der Waals surface area (Å²) >= 11 is 3.34. The summed E-state index contributed by atoms with van der Waals surface area (Å²) in [5.41, 5.74) is 0.602. The van der Waals surface area contributed by atoms with E-state index in [1.807, 2.05) is 0 Å². The molecule has 1 aliphatic carbocycles. The summed E-state index contributed by atoms with van der Waals surface area (Å²) in [6.45, 7) is 0. The normalized spacial score (nSPS) is 15.1. The Kier molecular flexibility index (Phi) is 5.06. The van der Waals surface area contributed by atoms with Gasteiger partial charge in [-0.3, -0.25) is 4.79 Å². The summed E-state index contributed by atoms with van der Waals surface area (Å²) in [5.74, 6) is 0.0385. The van der Waals surface area contributed by atoms with Crippen molar-refractivity contribution in [3.8, 4) is 5.75 Å². The smallest absolute Gasteiger partial charge is 0.319 e. The van der Waals surface area contributed by atoms with E-state index in [1.165, 1.54) is 0 Å². The molecule has 1 aliphatic rings. The summed E-state index contributed by atoms with van der Waals surface area (Å²) in [6, 6.07) is 4.46. The molecule has 0 bridgehead atoms. The number of halogens is 1. The maximum atomic E-state index is 11.9. The van der Waals surface area contributed by atoms with Crippen molar-refractivity contribution in [2.45, 2.75) is 25.3 Å². The number of amides is 2. The lowest BCUT2D eigenvalue weighted by Crippen LogP contribution is -2.40. The highest BCUT2D eigenvalue weighted by Crippen LogP contribution is 2.34. The second kappa shape index (κ2) is 6.80. The molecule has 1 unspecified atom stereocenters. The minimum atomic E-state index is -0.903. The molecule has 6 nitrogen and oxygen atoms in total. The van der Waals surface area contributed by atoms with Crippen LogP contribution in [0.5, 0.6) is 5.75 Å². The first-order chi connectivity index (χ1) is 9.99. The topological polar surface area (TPSA) is 87.7 Å². The number of benzene rings is 1. The van der Waals surface area contributed by atoms with Gasteiger partial charge in [0, 0.05) is 11.7 Å². The number of methoxy groups -OCH3 is 1. The lowest BCUT2D eigenvalue weighted by atomic mass is 10.1. The van der Waals surface area contributed by atoms with Crippen LogP contribution in [0.2, 0.25) is 0 Å². The summed E-state index contributed by atoms with van der Waals surface area (Å²) in [4.78, 5) is 22.7. The van der Waals surface area contributed by atoms with Crippen molar-refractivity contribution in [3.63, 3.8) is 0 Å². The predicted molar refractivity (Wildman–Crippen MR) is 81.6 cm³/mol. The van der Waals surface area contributed by atoms with Crippen molar-refractivity contribution in [2.24, 2.45) is 5.92 Å². The third-order valence-electron chi connectivity index (χ3n) is 3.31. The van der Waals surface area contributed by atoms with Crippen LogP contribution in [0.15, 0.2) is 22.7 Å². The third-order valence-corrected chi connectivity index (χ3v) is 3.93. The molecule has 0 saturated heterocycles. The Hall–Kier alpha value is -1.76. The van der Waals surface area contributed by atoms with Crippen molar-refractivity contribution < 1.29 is 19.4 Å². The van der Waals surface area contributed by atoms with Crippen molar-refractivity contribution >= 4 is 33.6 Å². The SMILES string of the molecule is COc1ccc(NC(=O)NC(CC(=O)O)C2CC2)cc1Br. The number of anilines is 1. The molecule has 0 aliphatic heterocycles. The third kappa shape index (κ3) is 4.63. The molecule has 7 heteroatoms. The standard InChI is InChI=1S/C14H17BrN2O4/c1-21-12-5-4-9(6-10(12)15)16-14(20)17-11(7-13(18)19)8-2-3-8/h4-6,8,11H,2-3,7H2,1H3,(H,18,19)(H2,16,17,20). The van der Waals surface area contributed by atoms with Gasteiger partial charge in [-0.15, -0.1) is 0 Å². The van der Waals surface area contributed by atoms with Crippen LogP contribution in [0.25, 0.3) is 0 Å². The lowest BCUT2D eigenvalue weighted by molar-refractivity contribution is -0.137. The van der Waals surface area contributed by atoms with E-state index in [4.69, 9.17) is 9.84 Å². The molecule has 3 N–H and O–H groups in total. The van der Waals surface area contributed by atoms with E-state index in [2.05, 4.69) is 26.6 Å². The molecule has 1 atom stereocenters. The average molecular weight is 357 g/mol. The molecule has 0 aromatic heterocycles. The fraction of sp³-hybridized carbons (Fsp3) is 0.429. The first-order valence-electron chi connectivity index (χ1n) is 6.62. The van der Waals surface area contributed by atoms with E-state index in [-0.39, 0.29) is 18.4 Å². The highest BCUT2D eigenvalue weighted by Gasteiger charge is 2.33. The molecule has 1 aromatic carbocycles. The highest BCUT2D eigenvalue weighted by molar-refractivity contribution is 9.10. The van der Waals surface area contributed by atoms with E-state index in [0.29, 0.717) is 11.4 Å². The number of hydrogen-bond acceptors (Lipinski definition) is 3. The number of carboxylic acid groups (broad SMARTS) is 1. The Morgan fingerprint density at radius 1 is 1.48 bits per heavy atom. The summed E-state index contributed by atoms with van der Waals surface area (Å²) in [7, 11) is 1.56. The number of rotatable bonds is 6. The number of urea groups is 1. The first kappa shape index (κ1) is 15.6. The zero-order valence-electron chi connectivity index (χ0n) is 11.6. The zero-order chi connectivity index (χ0) is 15.4. The van der Waals surface area contributed by atoms with Crippen LogP contribution in [0, 0.1) is 5.92 Å². The minimum Gasteiger partial charge on any atom is -0.496 e. The fourth-order valence-corrected chi connectivity index (χ4v) is 2.64. The van der Waals surface area contributed by atoms with Crippen LogP contribution in [0.3, 0.4) is 0 Å². The van der Waals surface area contributed by atoms with E-state index < -0.39 is 12.0 Å². The van der Waals surface area contributed by atoms with Gasteiger partial charge >= 0.3 is 12.0 Å². The summed E-state index contributed by atoms with van der Waals surface area (Å²) in [6.07, 6.45) is 1.88. The van der Waals surface area contributed by atoms with Crippen molar-refractivity contribution in [3.05, 3.63) is 22.7 Å². The van der Waals surface area contributed by atoms with Crippen molar-refractivity contribution in [2.75, 3.05) is 12.4 Å². The van der Waals surface area contributed by atoms with Gasteiger partial charge in [0.2, 0.25) is 0 Å². The van der Waals surface area contributed by atoms with Gasteiger partial charge in [0.25, 0.3) is 0 Å². The van der Waals surface area contributed by atoms with Crippen LogP contribution in [0.4, 0.5) is 10.5 Å². The van der Waals surface area contributed by atoms with E-state index in [0.717, 1.165) is 17.3 Å². The molecule has 1 aromatic rings. The van der Waals surface area contributed by atoms with Crippen LogP contribution < -0.4 is 15.4 Å². The largest absolute Gasteiger partial charge is 0.496 e. The molecule has 21 heavy (non-hydrogen) atoms. The molecular weight excluding hydrogens is 340 g/mol. The first-order valence-corrected chi connectivity index (χ1v) is 7.41. The minimum absolute atomic E-state index is 0.0512. The Labute approximate surface area is 131 Å². The summed E-state index contributed by atoms with van der Waals surface area (Å²) < 4.78 is 5.84. The van der Waals surface area contributed by atoms with Gasteiger partial charge in [0.1, 0.15) is 5.75 Å². The van der Waals surface area contributed by atoms with Gasteiger partial charge < -0.3 is 20.5 Å². The number of aliphatic carboxylic acids is 1. The van der Waals surface area contributed by atoms with Crippen LogP contribution in [0.1, 0.15) is 19.3 Å². The van der Waals surface area contributed by atoms with E-state index >= 15 is 0 Å². The van der Waals surface area contributed by atoms with E-state index in [9.17, 15) is 9.59 Å². The molecule has 2 rings (SSSR count). The molecule has 0 spiro atoms. The Balaban J connectivity index is 1.94. The number of ether oxygens (including phenoxy) is 1. The Morgan fingerprint density at radius 3 is 2.71 bits per heavy atom. The fourth-order valence-electron chi connectivity index (χ4n) is 2.10. The zero-order valence-corrected chi connectivity index (χ0v) is 13.1. The van der Waals surface area contributed by atoms with Gasteiger partial charge in [-0.25, -0.2) is 4.79 Å². The van der Waals surface area contributed by atoms with Gasteiger partial charge in [0.15, 0.2) is 0 Å². The second-order valence-electron chi connectivity index (χ2n) is 4.99. The second-order valence-corrected chi connectivity index (χ2v) is 5.84. The number of carboxylic acids is 1. The van der Waals surface area contributed by atoms with Gasteiger partial charge in [-0.05, 0) is 52.9 Å². The Morgan fingerprint density at radius 2 is 2.19 bits per heavy atom. The number of carbonyl (C=O) groups is 2. The molecule has 0 heterocycles. The molecule has 114 valence electrons. The molecule has 1 fully saturated rings. The average Bonchev–Trinajstić information content (AvgIpc) is 3.21. The lowest BCUT2D eigenvalue weighted by Gasteiger charge is -2.17. The number of carbonyl (C=O) groups excluding carboxylic acids is 1. The monoisotopic (exact) mass is 356 g/mol. The number of nitrogens with one attached hydrogen (secondary N) is 2. The van der Waals surface area contributed by atoms with Gasteiger partial charge in [0.05, 0.1) is 18.0 Å². The number of hydrogen-bond donors (Lipinski definition) is 3.